The lowest BCUT2D eigenvalue weighted by atomic mass is 9.99. The Morgan fingerprint density at radius 3 is 2.87 bits per heavy atom. The third-order valence-corrected chi connectivity index (χ3v) is 5.24. The third kappa shape index (κ3) is 3.87. The molecule has 1 saturated heterocycles. The summed E-state index contributed by atoms with van der Waals surface area (Å²) >= 11 is 1.76. The lowest BCUT2D eigenvalue weighted by Crippen LogP contribution is -2.31. The SMILES string of the molecule is CCn1c([C@@H]2CCCNC2)nn(CCSc2ccccc2)c1=O. The predicted molar refractivity (Wildman–Crippen MR) is 94.2 cm³/mol. The van der Waals surface area contributed by atoms with Crippen molar-refractivity contribution < 1.29 is 0 Å². The Morgan fingerprint density at radius 2 is 2.17 bits per heavy atom. The van der Waals surface area contributed by atoms with Crippen LogP contribution in [0.2, 0.25) is 0 Å². The van der Waals surface area contributed by atoms with Crippen molar-refractivity contribution >= 4 is 11.8 Å². The van der Waals surface area contributed by atoms with Crippen LogP contribution in [0.5, 0.6) is 0 Å². The molecule has 1 fully saturated rings. The lowest BCUT2D eigenvalue weighted by molar-refractivity contribution is 0.431. The van der Waals surface area contributed by atoms with E-state index in [9.17, 15) is 4.79 Å². The van der Waals surface area contributed by atoms with Crippen molar-refractivity contribution in [3.8, 4) is 0 Å². The molecule has 0 spiro atoms. The summed E-state index contributed by atoms with van der Waals surface area (Å²) in [5, 5.41) is 8.06. The van der Waals surface area contributed by atoms with Crippen LogP contribution in [0.4, 0.5) is 0 Å². The second-order valence-corrected chi connectivity index (χ2v) is 6.98. The fraction of sp³-hybridized carbons (Fsp3) is 0.529. The highest BCUT2D eigenvalue weighted by atomic mass is 32.2. The molecule has 0 bridgehead atoms. The standard InChI is InChI=1S/C17H24N4OS/c1-2-20-16(14-7-6-10-18-13-14)19-21(17(20)22)11-12-23-15-8-4-3-5-9-15/h3-5,8-9,14,18H,2,6-7,10-13H2,1H3/t14-/m1/s1. The molecule has 1 aromatic heterocycles. The van der Waals surface area contributed by atoms with Gasteiger partial charge in [-0.1, -0.05) is 18.2 Å². The van der Waals surface area contributed by atoms with E-state index in [0.717, 1.165) is 37.5 Å². The first-order valence-electron chi connectivity index (χ1n) is 8.35. The molecule has 0 unspecified atom stereocenters. The quantitative estimate of drug-likeness (QED) is 0.825. The van der Waals surface area contributed by atoms with Gasteiger partial charge in [0.05, 0.1) is 6.54 Å². The molecule has 3 rings (SSSR count). The molecule has 1 N–H and O–H groups in total. The van der Waals surface area contributed by atoms with Gasteiger partial charge in [0.25, 0.3) is 0 Å². The number of benzene rings is 1. The maximum absolute atomic E-state index is 12.5. The molecule has 124 valence electrons. The molecule has 2 heterocycles. The fourth-order valence-corrected chi connectivity index (χ4v) is 3.89. The van der Waals surface area contributed by atoms with E-state index in [0.29, 0.717) is 19.0 Å². The third-order valence-electron chi connectivity index (χ3n) is 4.24. The second kappa shape index (κ2) is 7.84. The van der Waals surface area contributed by atoms with Gasteiger partial charge in [-0.3, -0.25) is 4.57 Å². The van der Waals surface area contributed by atoms with Crippen molar-refractivity contribution in [2.75, 3.05) is 18.8 Å². The summed E-state index contributed by atoms with van der Waals surface area (Å²) in [6.45, 7) is 5.36. The number of aromatic nitrogens is 3. The summed E-state index contributed by atoms with van der Waals surface area (Å²) in [6.07, 6.45) is 2.27. The molecule has 0 aliphatic carbocycles. The molecule has 6 heteroatoms. The van der Waals surface area contributed by atoms with Gasteiger partial charge in [-0.05, 0) is 38.4 Å². The van der Waals surface area contributed by atoms with Crippen LogP contribution in [0.15, 0.2) is 40.0 Å². The monoisotopic (exact) mass is 332 g/mol. The van der Waals surface area contributed by atoms with Crippen molar-refractivity contribution in [3.05, 3.63) is 46.6 Å². The van der Waals surface area contributed by atoms with Gasteiger partial charge in [0.15, 0.2) is 0 Å². The highest BCUT2D eigenvalue weighted by Crippen LogP contribution is 2.21. The van der Waals surface area contributed by atoms with Crippen LogP contribution in [0.1, 0.15) is 31.5 Å². The summed E-state index contributed by atoms with van der Waals surface area (Å²) < 4.78 is 3.48. The van der Waals surface area contributed by atoms with Gasteiger partial charge in [-0.25, -0.2) is 9.48 Å². The zero-order valence-electron chi connectivity index (χ0n) is 13.6. The normalized spacial score (nSPS) is 18.2. The Balaban J connectivity index is 1.69. The number of thioether (sulfide) groups is 1. The molecule has 1 aromatic carbocycles. The summed E-state index contributed by atoms with van der Waals surface area (Å²) in [6, 6.07) is 10.3. The van der Waals surface area contributed by atoms with E-state index in [-0.39, 0.29) is 5.69 Å². The van der Waals surface area contributed by atoms with E-state index < -0.39 is 0 Å². The molecule has 0 saturated carbocycles. The summed E-state index contributed by atoms with van der Waals surface area (Å²) in [5.74, 6) is 2.17. The van der Waals surface area contributed by atoms with Crippen LogP contribution in [-0.2, 0) is 13.1 Å². The summed E-state index contributed by atoms with van der Waals surface area (Å²) in [7, 11) is 0. The zero-order chi connectivity index (χ0) is 16.1. The van der Waals surface area contributed by atoms with Crippen molar-refractivity contribution in [2.45, 2.75) is 43.7 Å². The highest BCUT2D eigenvalue weighted by molar-refractivity contribution is 7.99. The van der Waals surface area contributed by atoms with Gasteiger partial charge >= 0.3 is 5.69 Å². The number of hydrogen-bond acceptors (Lipinski definition) is 4. The maximum atomic E-state index is 12.5. The minimum Gasteiger partial charge on any atom is -0.316 e. The van der Waals surface area contributed by atoms with Gasteiger partial charge in [-0.2, -0.15) is 5.10 Å². The molecule has 0 amide bonds. The number of hydrogen-bond donors (Lipinski definition) is 1. The topological polar surface area (TPSA) is 51.9 Å². The van der Waals surface area contributed by atoms with Gasteiger partial charge < -0.3 is 5.32 Å². The number of piperidine rings is 1. The van der Waals surface area contributed by atoms with Crippen LogP contribution < -0.4 is 11.0 Å². The average molecular weight is 332 g/mol. The van der Waals surface area contributed by atoms with E-state index in [4.69, 9.17) is 0 Å². The van der Waals surface area contributed by atoms with Gasteiger partial charge in [0.1, 0.15) is 5.82 Å². The maximum Gasteiger partial charge on any atom is 0.345 e. The van der Waals surface area contributed by atoms with Crippen LogP contribution in [-0.4, -0.2) is 33.2 Å². The van der Waals surface area contributed by atoms with Gasteiger partial charge in [0.2, 0.25) is 0 Å². The minimum absolute atomic E-state index is 0.0294. The predicted octanol–water partition coefficient (Wildman–Crippen LogP) is 2.32. The minimum atomic E-state index is 0.0294. The van der Waals surface area contributed by atoms with Gasteiger partial charge in [0, 0.05) is 29.7 Å². The molecule has 1 aliphatic rings. The Morgan fingerprint density at radius 1 is 1.35 bits per heavy atom. The summed E-state index contributed by atoms with van der Waals surface area (Å²) in [5.41, 5.74) is 0.0294. The van der Waals surface area contributed by atoms with Crippen molar-refractivity contribution in [2.24, 2.45) is 0 Å². The van der Waals surface area contributed by atoms with E-state index in [2.05, 4.69) is 22.5 Å². The van der Waals surface area contributed by atoms with Crippen LogP contribution in [0.3, 0.4) is 0 Å². The van der Waals surface area contributed by atoms with E-state index in [1.54, 1.807) is 16.4 Å². The van der Waals surface area contributed by atoms with E-state index in [1.165, 1.54) is 4.90 Å². The average Bonchev–Trinajstić information content (AvgIpc) is 2.93. The molecule has 1 aliphatic heterocycles. The molecule has 1 atom stereocenters. The van der Waals surface area contributed by atoms with Crippen LogP contribution in [0, 0.1) is 0 Å². The van der Waals surface area contributed by atoms with E-state index in [1.807, 2.05) is 29.7 Å². The molecule has 2 aromatic rings. The molecule has 5 nitrogen and oxygen atoms in total. The van der Waals surface area contributed by atoms with E-state index >= 15 is 0 Å². The summed E-state index contributed by atoms with van der Waals surface area (Å²) in [4.78, 5) is 13.8. The highest BCUT2D eigenvalue weighted by Gasteiger charge is 2.23. The Hall–Kier alpha value is -1.53. The molecule has 0 radical (unpaired) electrons. The first-order valence-corrected chi connectivity index (χ1v) is 9.34. The Labute approximate surface area is 141 Å². The fourth-order valence-electron chi connectivity index (χ4n) is 3.04. The van der Waals surface area contributed by atoms with Gasteiger partial charge in [-0.15, -0.1) is 11.8 Å². The number of nitrogens with zero attached hydrogens (tertiary/aromatic N) is 3. The largest absolute Gasteiger partial charge is 0.345 e. The van der Waals surface area contributed by atoms with Crippen molar-refractivity contribution in [1.82, 2.24) is 19.7 Å². The number of nitrogens with one attached hydrogen (secondary N) is 1. The second-order valence-electron chi connectivity index (χ2n) is 5.81. The Kier molecular flexibility index (Phi) is 5.56. The molecule has 23 heavy (non-hydrogen) atoms. The molecular weight excluding hydrogens is 308 g/mol. The number of rotatable bonds is 6. The first kappa shape index (κ1) is 16.3. The smallest absolute Gasteiger partial charge is 0.316 e. The Bertz CT molecular complexity index is 674. The first-order chi connectivity index (χ1) is 11.3. The zero-order valence-corrected chi connectivity index (χ0v) is 14.4. The number of aryl methyl sites for hydroxylation is 1. The van der Waals surface area contributed by atoms with Crippen LogP contribution in [0.25, 0.3) is 0 Å². The lowest BCUT2D eigenvalue weighted by Gasteiger charge is -2.21. The van der Waals surface area contributed by atoms with Crippen molar-refractivity contribution in [1.29, 1.82) is 0 Å². The molecular formula is C17H24N4OS. The van der Waals surface area contributed by atoms with Crippen molar-refractivity contribution in [3.63, 3.8) is 0 Å². The van der Waals surface area contributed by atoms with Crippen LogP contribution >= 0.6 is 11.8 Å².